The van der Waals surface area contributed by atoms with Crippen LogP contribution in [0.1, 0.15) is 0 Å². The fourth-order valence-electron chi connectivity index (χ4n) is 1.94. The zero-order chi connectivity index (χ0) is 12.1. The first kappa shape index (κ1) is 11.9. The fourth-order valence-corrected chi connectivity index (χ4v) is 1.94. The molecule has 2 heterocycles. The third-order valence-corrected chi connectivity index (χ3v) is 2.78. The number of hydrogen-bond donors (Lipinski definition) is 0. The Morgan fingerprint density at radius 2 is 2.53 bits per heavy atom. The summed E-state index contributed by atoms with van der Waals surface area (Å²) >= 11 is 0. The summed E-state index contributed by atoms with van der Waals surface area (Å²) in [5.74, 6) is 0.967. The highest BCUT2D eigenvalue weighted by Crippen LogP contribution is 2.14. The molecule has 0 radical (unpaired) electrons. The summed E-state index contributed by atoms with van der Waals surface area (Å²) < 4.78 is 5.63. The van der Waals surface area contributed by atoms with Crippen LogP contribution in [0, 0.1) is 0 Å². The van der Waals surface area contributed by atoms with E-state index in [0.29, 0.717) is 13.2 Å². The maximum atomic E-state index is 10.6. The lowest BCUT2D eigenvalue weighted by Gasteiger charge is -2.34. The first-order chi connectivity index (χ1) is 8.29. The molecule has 1 unspecified atom stereocenters. The Bertz CT molecular complexity index is 358. The summed E-state index contributed by atoms with van der Waals surface area (Å²) in [6.07, 6.45) is 2.67. The molecule has 1 atom stereocenters. The second kappa shape index (κ2) is 5.63. The number of hydrogen-bond acceptors (Lipinski definition) is 4. The smallest absolute Gasteiger partial charge is 0.209 e. The molecule has 0 aliphatic carbocycles. The minimum absolute atomic E-state index is 0.0564. The van der Waals surface area contributed by atoms with Crippen LogP contribution in [0.2, 0.25) is 0 Å². The van der Waals surface area contributed by atoms with E-state index in [2.05, 4.69) is 9.88 Å². The summed E-state index contributed by atoms with van der Waals surface area (Å²) in [5.41, 5.74) is 0. The predicted octanol–water partition coefficient (Wildman–Crippen LogP) is 0.375. The Morgan fingerprint density at radius 3 is 3.24 bits per heavy atom. The van der Waals surface area contributed by atoms with Gasteiger partial charge in [-0.15, -0.1) is 0 Å². The topological polar surface area (TPSA) is 45.7 Å². The van der Waals surface area contributed by atoms with Gasteiger partial charge in [-0.1, -0.05) is 6.07 Å². The molecule has 5 heteroatoms. The third kappa shape index (κ3) is 3.17. The Morgan fingerprint density at radius 1 is 1.65 bits per heavy atom. The minimum atomic E-state index is 0.0564. The number of amides is 1. The maximum absolute atomic E-state index is 10.6. The molecule has 0 spiro atoms. The number of pyridine rings is 1. The second-order valence-corrected chi connectivity index (χ2v) is 4.17. The van der Waals surface area contributed by atoms with Crippen molar-refractivity contribution in [1.29, 1.82) is 0 Å². The van der Waals surface area contributed by atoms with Gasteiger partial charge in [0.1, 0.15) is 5.82 Å². The summed E-state index contributed by atoms with van der Waals surface area (Å²) in [4.78, 5) is 18.7. The van der Waals surface area contributed by atoms with Crippen LogP contribution in [-0.2, 0) is 9.53 Å². The average molecular weight is 235 g/mol. The van der Waals surface area contributed by atoms with E-state index < -0.39 is 0 Å². The molecule has 17 heavy (non-hydrogen) atoms. The van der Waals surface area contributed by atoms with Crippen molar-refractivity contribution in [3.63, 3.8) is 0 Å². The number of carbonyl (C=O) groups is 1. The van der Waals surface area contributed by atoms with Crippen molar-refractivity contribution in [2.75, 3.05) is 38.2 Å². The Labute approximate surface area is 101 Å². The van der Waals surface area contributed by atoms with E-state index in [4.69, 9.17) is 4.74 Å². The van der Waals surface area contributed by atoms with Gasteiger partial charge >= 0.3 is 0 Å². The predicted molar refractivity (Wildman–Crippen MR) is 64.9 cm³/mol. The molecule has 92 valence electrons. The summed E-state index contributed by atoms with van der Waals surface area (Å²) in [6, 6.07) is 5.87. The van der Waals surface area contributed by atoms with Crippen molar-refractivity contribution >= 4 is 12.2 Å². The van der Waals surface area contributed by atoms with Crippen molar-refractivity contribution in [2.45, 2.75) is 6.10 Å². The van der Waals surface area contributed by atoms with Gasteiger partial charge in [0.25, 0.3) is 0 Å². The van der Waals surface area contributed by atoms with Gasteiger partial charge < -0.3 is 14.5 Å². The van der Waals surface area contributed by atoms with Crippen molar-refractivity contribution in [3.05, 3.63) is 24.4 Å². The van der Waals surface area contributed by atoms with Crippen LogP contribution in [0.25, 0.3) is 0 Å². The van der Waals surface area contributed by atoms with Crippen LogP contribution < -0.4 is 4.90 Å². The van der Waals surface area contributed by atoms with Gasteiger partial charge in [0, 0.05) is 32.9 Å². The van der Waals surface area contributed by atoms with Crippen LogP contribution >= 0.6 is 0 Å². The van der Waals surface area contributed by atoms with E-state index in [9.17, 15) is 4.79 Å². The lowest BCUT2D eigenvalue weighted by molar-refractivity contribution is -0.118. The highest BCUT2D eigenvalue weighted by atomic mass is 16.5. The van der Waals surface area contributed by atoms with E-state index in [1.54, 1.807) is 18.1 Å². The number of nitrogens with zero attached hydrogens (tertiary/aromatic N) is 3. The minimum Gasteiger partial charge on any atom is -0.373 e. The molecule has 0 saturated carbocycles. The molecular formula is C12H17N3O2. The highest BCUT2D eigenvalue weighted by molar-refractivity contribution is 5.46. The molecule has 0 bridgehead atoms. The fraction of sp³-hybridized carbons (Fsp3) is 0.500. The quantitative estimate of drug-likeness (QED) is 0.708. The SMILES string of the molecule is CN(C=O)CC1CN(c2ccccn2)CCO1. The van der Waals surface area contributed by atoms with Gasteiger partial charge in [0.2, 0.25) is 6.41 Å². The number of carbonyl (C=O) groups excluding carboxylic acids is 1. The van der Waals surface area contributed by atoms with Crippen LogP contribution in [-0.4, -0.2) is 55.7 Å². The van der Waals surface area contributed by atoms with E-state index in [0.717, 1.165) is 25.3 Å². The van der Waals surface area contributed by atoms with E-state index >= 15 is 0 Å². The van der Waals surface area contributed by atoms with E-state index in [1.165, 1.54) is 0 Å². The molecule has 2 rings (SSSR count). The van der Waals surface area contributed by atoms with Crippen LogP contribution in [0.5, 0.6) is 0 Å². The first-order valence-electron chi connectivity index (χ1n) is 5.72. The number of ether oxygens (including phenoxy) is 1. The molecule has 1 aliphatic rings. The monoisotopic (exact) mass is 235 g/mol. The molecule has 1 aromatic heterocycles. The number of morpholine rings is 1. The summed E-state index contributed by atoms with van der Waals surface area (Å²) in [6.45, 7) is 2.91. The molecule has 5 nitrogen and oxygen atoms in total. The first-order valence-corrected chi connectivity index (χ1v) is 5.72. The van der Waals surface area contributed by atoms with E-state index in [1.807, 2.05) is 18.2 Å². The largest absolute Gasteiger partial charge is 0.373 e. The molecule has 1 amide bonds. The maximum Gasteiger partial charge on any atom is 0.209 e. The summed E-state index contributed by atoms with van der Waals surface area (Å²) in [5, 5.41) is 0. The molecular weight excluding hydrogens is 218 g/mol. The van der Waals surface area contributed by atoms with Crippen LogP contribution in [0.15, 0.2) is 24.4 Å². The van der Waals surface area contributed by atoms with Gasteiger partial charge in [-0.05, 0) is 12.1 Å². The lowest BCUT2D eigenvalue weighted by atomic mass is 10.2. The van der Waals surface area contributed by atoms with Gasteiger partial charge in [-0.2, -0.15) is 0 Å². The van der Waals surface area contributed by atoms with Gasteiger partial charge in [0.05, 0.1) is 12.7 Å². The number of rotatable bonds is 4. The van der Waals surface area contributed by atoms with Gasteiger partial charge in [0.15, 0.2) is 0 Å². The lowest BCUT2D eigenvalue weighted by Crippen LogP contribution is -2.47. The number of aromatic nitrogens is 1. The molecule has 0 aromatic carbocycles. The molecule has 1 aliphatic heterocycles. The summed E-state index contributed by atoms with van der Waals surface area (Å²) in [7, 11) is 1.76. The molecule has 0 N–H and O–H groups in total. The Hall–Kier alpha value is -1.62. The highest BCUT2D eigenvalue weighted by Gasteiger charge is 2.22. The average Bonchev–Trinajstić information content (AvgIpc) is 2.40. The zero-order valence-corrected chi connectivity index (χ0v) is 9.95. The third-order valence-electron chi connectivity index (χ3n) is 2.78. The molecule has 1 aromatic rings. The number of likely N-dealkylation sites (N-methyl/N-ethyl adjacent to an activating group) is 1. The van der Waals surface area contributed by atoms with Crippen LogP contribution in [0.3, 0.4) is 0 Å². The van der Waals surface area contributed by atoms with Gasteiger partial charge in [-0.3, -0.25) is 4.79 Å². The van der Waals surface area contributed by atoms with Crippen molar-refractivity contribution in [3.8, 4) is 0 Å². The van der Waals surface area contributed by atoms with Crippen LogP contribution in [0.4, 0.5) is 5.82 Å². The Kier molecular flexibility index (Phi) is 3.93. The van der Waals surface area contributed by atoms with Crippen molar-refractivity contribution < 1.29 is 9.53 Å². The van der Waals surface area contributed by atoms with E-state index in [-0.39, 0.29) is 6.10 Å². The van der Waals surface area contributed by atoms with Crippen molar-refractivity contribution in [1.82, 2.24) is 9.88 Å². The molecule has 1 fully saturated rings. The zero-order valence-electron chi connectivity index (χ0n) is 9.95. The molecule has 1 saturated heterocycles. The Balaban J connectivity index is 1.95. The second-order valence-electron chi connectivity index (χ2n) is 4.17. The van der Waals surface area contributed by atoms with Crippen molar-refractivity contribution in [2.24, 2.45) is 0 Å². The normalized spacial score (nSPS) is 20.1. The van der Waals surface area contributed by atoms with Gasteiger partial charge in [-0.25, -0.2) is 4.98 Å². The standard InChI is InChI=1S/C12H17N3O2/c1-14(10-16)8-11-9-15(6-7-17-11)12-4-2-3-5-13-12/h2-5,10-11H,6-9H2,1H3. The number of anilines is 1.